The van der Waals surface area contributed by atoms with Crippen molar-refractivity contribution in [2.24, 2.45) is 0 Å². The molecular weight excluding hydrogens is 494 g/mol. The number of morpholine rings is 1. The van der Waals surface area contributed by atoms with Crippen LogP contribution in [-0.4, -0.2) is 58.0 Å². The Morgan fingerprint density at radius 2 is 1.69 bits per heavy atom. The number of aromatic amines is 1. The summed E-state index contributed by atoms with van der Waals surface area (Å²) in [6.07, 6.45) is 3.41. The molecule has 0 radical (unpaired) electrons. The molecule has 1 aliphatic rings. The molecule has 5 rings (SSSR count). The van der Waals surface area contributed by atoms with E-state index in [4.69, 9.17) is 9.26 Å². The lowest BCUT2D eigenvalue weighted by Crippen LogP contribution is -2.35. The van der Waals surface area contributed by atoms with E-state index < -0.39 is 5.56 Å². The van der Waals surface area contributed by atoms with Crippen molar-refractivity contribution >= 4 is 0 Å². The molecule has 3 heterocycles. The van der Waals surface area contributed by atoms with E-state index in [0.29, 0.717) is 25.2 Å². The van der Waals surface area contributed by atoms with Crippen molar-refractivity contribution < 1.29 is 14.4 Å². The Bertz CT molecular complexity index is 1450. The minimum atomic E-state index is -0.554. The van der Waals surface area contributed by atoms with Crippen molar-refractivity contribution in [1.29, 1.82) is 0 Å². The minimum Gasteiger partial charge on any atom is -0.502 e. The van der Waals surface area contributed by atoms with Crippen LogP contribution in [0.4, 0.5) is 0 Å². The number of benzene rings is 2. The van der Waals surface area contributed by atoms with Gasteiger partial charge in [0.15, 0.2) is 0 Å². The van der Waals surface area contributed by atoms with Crippen molar-refractivity contribution in [3.05, 3.63) is 111 Å². The van der Waals surface area contributed by atoms with Crippen molar-refractivity contribution in [2.75, 3.05) is 32.8 Å². The molecule has 1 unspecified atom stereocenters. The maximum Gasteiger partial charge on any atom is 0.293 e. The average Bonchev–Trinajstić information content (AvgIpc) is 3.49. The number of nitrogens with zero attached hydrogens (tertiary/aromatic N) is 3. The Morgan fingerprint density at radius 3 is 2.36 bits per heavy atom. The zero-order valence-corrected chi connectivity index (χ0v) is 21.6. The highest BCUT2D eigenvalue weighted by molar-refractivity contribution is 5.44. The number of nitrogens with one attached hydrogen (secondary N) is 2. The van der Waals surface area contributed by atoms with Gasteiger partial charge in [-0.15, -0.1) is 0 Å². The second-order valence-electron chi connectivity index (χ2n) is 9.52. The predicted molar refractivity (Wildman–Crippen MR) is 146 cm³/mol. The van der Waals surface area contributed by atoms with Crippen LogP contribution in [-0.2, 0) is 24.2 Å². The molecule has 4 aromatic rings. The van der Waals surface area contributed by atoms with E-state index in [-0.39, 0.29) is 11.7 Å². The third kappa shape index (κ3) is 7.42. The summed E-state index contributed by atoms with van der Waals surface area (Å²) in [6, 6.07) is 18.2. The molecule has 1 aliphatic heterocycles. The largest absolute Gasteiger partial charge is 0.502 e. The Kier molecular flexibility index (Phi) is 8.81. The fourth-order valence-electron chi connectivity index (χ4n) is 4.54. The first-order chi connectivity index (χ1) is 19.1. The fraction of sp³-hybridized carbons (Fsp3) is 0.300. The van der Waals surface area contributed by atoms with E-state index >= 15 is 0 Å². The summed E-state index contributed by atoms with van der Waals surface area (Å²) >= 11 is 0. The van der Waals surface area contributed by atoms with Gasteiger partial charge in [-0.05, 0) is 41.8 Å². The fourth-order valence-corrected chi connectivity index (χ4v) is 4.54. The first-order valence-corrected chi connectivity index (χ1v) is 13.0. The van der Waals surface area contributed by atoms with Crippen LogP contribution in [0.15, 0.2) is 76.5 Å². The van der Waals surface area contributed by atoms with Crippen LogP contribution in [0.2, 0.25) is 0 Å². The number of hydrogen-bond acceptors (Lipinski definition) is 8. The lowest BCUT2D eigenvalue weighted by atomic mass is 9.94. The lowest BCUT2D eigenvalue weighted by molar-refractivity contribution is 0.0342. The SMILES string of the molecule is O=c1[nH]cnc(C(CNCc2ccon2)Cc2ccc(C#Cc3ccc(CN4CCOCC4)cc3)cc2)c1O. The van der Waals surface area contributed by atoms with Crippen LogP contribution in [0, 0.1) is 11.8 Å². The Hall–Kier alpha value is -4.23. The quantitative estimate of drug-likeness (QED) is 0.286. The molecule has 0 bridgehead atoms. The van der Waals surface area contributed by atoms with Crippen LogP contribution < -0.4 is 10.9 Å². The molecule has 3 N–H and O–H groups in total. The third-order valence-corrected chi connectivity index (χ3v) is 6.68. The molecule has 2 aromatic heterocycles. The van der Waals surface area contributed by atoms with Gasteiger partial charge in [0.05, 0.1) is 30.9 Å². The zero-order chi connectivity index (χ0) is 26.9. The lowest BCUT2D eigenvalue weighted by Gasteiger charge is -2.26. The van der Waals surface area contributed by atoms with Crippen molar-refractivity contribution in [3.63, 3.8) is 0 Å². The van der Waals surface area contributed by atoms with Crippen molar-refractivity contribution in [1.82, 2.24) is 25.3 Å². The van der Waals surface area contributed by atoms with Crippen LogP contribution in [0.25, 0.3) is 0 Å². The predicted octanol–water partition coefficient (Wildman–Crippen LogP) is 2.81. The Morgan fingerprint density at radius 1 is 1.00 bits per heavy atom. The van der Waals surface area contributed by atoms with Gasteiger partial charge in [0.2, 0.25) is 5.75 Å². The second kappa shape index (κ2) is 13.0. The van der Waals surface area contributed by atoms with Gasteiger partial charge in [-0.3, -0.25) is 9.69 Å². The van der Waals surface area contributed by atoms with Crippen LogP contribution in [0.5, 0.6) is 5.75 Å². The van der Waals surface area contributed by atoms with E-state index in [1.54, 1.807) is 6.07 Å². The van der Waals surface area contributed by atoms with E-state index in [0.717, 1.165) is 55.2 Å². The smallest absolute Gasteiger partial charge is 0.293 e. The number of H-pyrrole nitrogens is 1. The van der Waals surface area contributed by atoms with Gasteiger partial charge < -0.3 is 24.7 Å². The monoisotopic (exact) mass is 525 g/mol. The highest BCUT2D eigenvalue weighted by atomic mass is 16.5. The molecule has 0 spiro atoms. The van der Waals surface area contributed by atoms with E-state index in [1.165, 1.54) is 18.2 Å². The maximum absolute atomic E-state index is 12.0. The van der Waals surface area contributed by atoms with Crippen LogP contribution >= 0.6 is 0 Å². The molecule has 1 fully saturated rings. The summed E-state index contributed by atoms with van der Waals surface area (Å²) in [5.74, 6) is 5.90. The molecular formula is C30H31N5O4. The van der Waals surface area contributed by atoms with Gasteiger partial charge in [-0.1, -0.05) is 41.3 Å². The number of rotatable bonds is 9. The molecule has 0 aliphatic carbocycles. The maximum atomic E-state index is 12.0. The zero-order valence-electron chi connectivity index (χ0n) is 21.6. The average molecular weight is 526 g/mol. The van der Waals surface area contributed by atoms with E-state index in [9.17, 15) is 9.90 Å². The molecule has 1 atom stereocenters. The molecule has 2 aromatic carbocycles. The molecule has 0 saturated carbocycles. The molecule has 39 heavy (non-hydrogen) atoms. The second-order valence-corrected chi connectivity index (χ2v) is 9.52. The van der Waals surface area contributed by atoms with Crippen molar-refractivity contribution in [2.45, 2.75) is 25.4 Å². The van der Waals surface area contributed by atoms with Gasteiger partial charge in [0, 0.05) is 55.8 Å². The van der Waals surface area contributed by atoms with Gasteiger partial charge >= 0.3 is 0 Å². The van der Waals surface area contributed by atoms with Gasteiger partial charge in [-0.25, -0.2) is 4.98 Å². The van der Waals surface area contributed by atoms with E-state index in [1.807, 2.05) is 24.3 Å². The molecule has 1 saturated heterocycles. The summed E-state index contributed by atoms with van der Waals surface area (Å²) in [4.78, 5) is 21.1. The summed E-state index contributed by atoms with van der Waals surface area (Å²) in [7, 11) is 0. The van der Waals surface area contributed by atoms with Gasteiger partial charge in [-0.2, -0.15) is 0 Å². The molecule has 0 amide bonds. The normalized spacial score (nSPS) is 14.5. The number of aromatic nitrogens is 3. The standard InChI is InChI=1S/C30H31N5O4/c36-29-28(32-21-33-30(29)37)26(18-31-19-27-11-14-39-34-27)17-24-7-3-22(4-8-24)1-2-23-5-9-25(10-6-23)20-35-12-15-38-16-13-35/h3-11,14,21,26,31,36H,12-13,15-20H2,(H,32,33,37). The highest BCUT2D eigenvalue weighted by Crippen LogP contribution is 2.24. The van der Waals surface area contributed by atoms with Crippen molar-refractivity contribution in [3.8, 4) is 17.6 Å². The number of ether oxygens (including phenoxy) is 1. The first kappa shape index (κ1) is 26.4. The first-order valence-electron chi connectivity index (χ1n) is 13.0. The Labute approximate surface area is 226 Å². The molecule has 9 nitrogen and oxygen atoms in total. The third-order valence-electron chi connectivity index (χ3n) is 6.68. The topological polar surface area (TPSA) is 117 Å². The summed E-state index contributed by atoms with van der Waals surface area (Å²) < 4.78 is 10.3. The van der Waals surface area contributed by atoms with E-state index in [2.05, 4.69) is 61.4 Å². The summed E-state index contributed by atoms with van der Waals surface area (Å²) in [5.41, 5.74) is 4.77. The van der Waals surface area contributed by atoms with Gasteiger partial charge in [0.25, 0.3) is 5.56 Å². The summed E-state index contributed by atoms with van der Waals surface area (Å²) in [5, 5.41) is 17.6. The number of hydrogen-bond donors (Lipinski definition) is 3. The summed E-state index contributed by atoms with van der Waals surface area (Å²) in [6.45, 7) is 5.46. The van der Waals surface area contributed by atoms with Gasteiger partial charge in [0.1, 0.15) is 6.26 Å². The number of aromatic hydroxyl groups is 1. The Balaban J connectivity index is 1.22. The van der Waals surface area contributed by atoms with Crippen LogP contribution in [0.3, 0.4) is 0 Å². The highest BCUT2D eigenvalue weighted by Gasteiger charge is 2.20. The molecule has 200 valence electrons. The molecule has 9 heteroatoms. The van der Waals surface area contributed by atoms with Crippen LogP contribution in [0.1, 0.15) is 39.6 Å². The minimum absolute atomic E-state index is 0.230.